The van der Waals surface area contributed by atoms with Crippen molar-refractivity contribution in [3.63, 3.8) is 0 Å². The lowest BCUT2D eigenvalue weighted by Crippen LogP contribution is -2.14. The molecule has 0 atom stereocenters. The molecule has 0 spiro atoms. The molecule has 15 heavy (non-hydrogen) atoms. The van der Waals surface area contributed by atoms with Gasteiger partial charge in [-0.25, -0.2) is 8.42 Å². The number of sulfone groups is 1. The van der Waals surface area contributed by atoms with Crippen molar-refractivity contribution in [2.24, 2.45) is 0 Å². The summed E-state index contributed by atoms with van der Waals surface area (Å²) in [4.78, 5) is -0.0713. The molecule has 0 N–H and O–H groups in total. The van der Waals surface area contributed by atoms with E-state index in [2.05, 4.69) is 6.58 Å². The lowest BCUT2D eigenvalue weighted by atomic mass is 10.0. The maximum Gasteiger partial charge on any atom is 0.201 e. The van der Waals surface area contributed by atoms with E-state index in [1.165, 1.54) is 13.8 Å². The third-order valence-corrected chi connectivity index (χ3v) is 4.36. The van der Waals surface area contributed by atoms with Gasteiger partial charge in [0.25, 0.3) is 0 Å². The predicted molar refractivity (Wildman–Crippen MR) is 54.7 cm³/mol. The van der Waals surface area contributed by atoms with E-state index in [0.717, 1.165) is 0 Å². The molecule has 0 aromatic carbocycles. The zero-order valence-electron chi connectivity index (χ0n) is 8.33. The lowest BCUT2D eigenvalue weighted by Gasteiger charge is -2.17. The minimum absolute atomic E-state index is 0.0304. The Hall–Kier alpha value is -1.85. The van der Waals surface area contributed by atoms with Crippen molar-refractivity contribution >= 4 is 9.84 Å². The summed E-state index contributed by atoms with van der Waals surface area (Å²) in [5, 5.41) is 17.6. The van der Waals surface area contributed by atoms with Crippen LogP contribution in [0.2, 0.25) is 0 Å². The summed E-state index contributed by atoms with van der Waals surface area (Å²) in [5.74, 6) is 0. The minimum Gasteiger partial charge on any atom is -0.219 e. The van der Waals surface area contributed by atoms with Gasteiger partial charge < -0.3 is 0 Å². The molecule has 1 aliphatic rings. The first kappa shape index (κ1) is 11.2. The van der Waals surface area contributed by atoms with Crippen molar-refractivity contribution in [2.75, 3.05) is 0 Å². The Kier molecular flexibility index (Phi) is 2.53. The van der Waals surface area contributed by atoms with Crippen LogP contribution in [0.4, 0.5) is 0 Å². The monoisotopic (exact) mass is 220 g/mol. The maximum atomic E-state index is 11.7. The Labute approximate surface area is 88.4 Å². The van der Waals surface area contributed by atoms with Gasteiger partial charge in [-0.3, -0.25) is 0 Å². The zero-order valence-corrected chi connectivity index (χ0v) is 9.14. The first-order chi connectivity index (χ1) is 6.87. The minimum atomic E-state index is -3.64. The van der Waals surface area contributed by atoms with E-state index in [9.17, 15) is 8.42 Å². The second-order valence-corrected chi connectivity index (χ2v) is 5.30. The maximum absolute atomic E-state index is 11.7. The number of allylic oxidation sites excluding steroid dienone is 5. The molecule has 0 bridgehead atoms. The van der Waals surface area contributed by atoms with Crippen LogP contribution < -0.4 is 0 Å². The predicted octanol–water partition coefficient (Wildman–Crippen LogP) is 1.57. The third-order valence-electron chi connectivity index (χ3n) is 2.34. The van der Waals surface area contributed by atoms with Crippen LogP contribution in [0.25, 0.3) is 0 Å². The van der Waals surface area contributed by atoms with Crippen LogP contribution in [0, 0.1) is 22.7 Å². The molecule has 5 heteroatoms. The number of nitriles is 2. The summed E-state index contributed by atoms with van der Waals surface area (Å²) in [6, 6.07) is 3.52. The van der Waals surface area contributed by atoms with Crippen molar-refractivity contribution in [1.29, 1.82) is 10.5 Å². The van der Waals surface area contributed by atoms with E-state index in [4.69, 9.17) is 10.5 Å². The fraction of sp³-hybridized carbons (Fsp3) is 0.200. The molecular weight excluding hydrogens is 212 g/mol. The highest BCUT2D eigenvalue weighted by Crippen LogP contribution is 2.35. The molecule has 1 heterocycles. The summed E-state index contributed by atoms with van der Waals surface area (Å²) in [6.45, 7) is 6.25. The molecule has 1 aliphatic heterocycles. The fourth-order valence-corrected chi connectivity index (χ4v) is 2.68. The molecule has 1 rings (SSSR count). The number of rotatable bonds is 0. The average molecular weight is 220 g/mol. The first-order valence-electron chi connectivity index (χ1n) is 4.04. The van der Waals surface area contributed by atoms with Crippen LogP contribution in [-0.2, 0) is 9.84 Å². The van der Waals surface area contributed by atoms with Crippen LogP contribution >= 0.6 is 0 Å². The SMILES string of the molecule is C=C1C(C#N)=C(C)S(=O)(=O)C(C)=C1C#N. The summed E-state index contributed by atoms with van der Waals surface area (Å²) in [6.07, 6.45) is 0. The van der Waals surface area contributed by atoms with E-state index in [1.807, 2.05) is 0 Å². The van der Waals surface area contributed by atoms with Crippen LogP contribution in [0.5, 0.6) is 0 Å². The largest absolute Gasteiger partial charge is 0.219 e. The molecule has 0 saturated carbocycles. The van der Waals surface area contributed by atoms with Crippen LogP contribution in [-0.4, -0.2) is 8.42 Å². The normalized spacial score (nSPS) is 19.9. The number of nitrogens with zero attached hydrogens (tertiary/aromatic N) is 2. The van der Waals surface area contributed by atoms with E-state index < -0.39 is 9.84 Å². The van der Waals surface area contributed by atoms with Gasteiger partial charge in [0.15, 0.2) is 0 Å². The second kappa shape index (κ2) is 3.38. The highest BCUT2D eigenvalue weighted by Gasteiger charge is 2.31. The Bertz CT molecular complexity index is 546. The molecule has 0 unspecified atom stereocenters. The van der Waals surface area contributed by atoms with Crippen molar-refractivity contribution < 1.29 is 8.42 Å². The molecule has 0 aromatic heterocycles. The highest BCUT2D eigenvalue weighted by atomic mass is 32.2. The lowest BCUT2D eigenvalue weighted by molar-refractivity contribution is 0.606. The Morgan fingerprint density at radius 3 is 1.67 bits per heavy atom. The molecule has 76 valence electrons. The van der Waals surface area contributed by atoms with Crippen LogP contribution in [0.15, 0.2) is 33.1 Å². The van der Waals surface area contributed by atoms with Gasteiger partial charge >= 0.3 is 0 Å². The summed E-state index contributed by atoms with van der Waals surface area (Å²) in [7, 11) is -3.64. The molecule has 0 saturated heterocycles. The molecule has 4 nitrogen and oxygen atoms in total. The van der Waals surface area contributed by atoms with Crippen molar-refractivity contribution in [3.8, 4) is 12.1 Å². The zero-order chi connectivity index (χ0) is 11.8. The Morgan fingerprint density at radius 2 is 1.40 bits per heavy atom. The highest BCUT2D eigenvalue weighted by molar-refractivity contribution is 7.99. The van der Waals surface area contributed by atoms with Crippen LogP contribution in [0.3, 0.4) is 0 Å². The number of hydrogen-bond donors (Lipinski definition) is 0. The molecular formula is C10H8N2O2S. The summed E-state index contributed by atoms with van der Waals surface area (Å²) >= 11 is 0. The van der Waals surface area contributed by atoms with Gasteiger partial charge in [-0.2, -0.15) is 10.5 Å². The van der Waals surface area contributed by atoms with Gasteiger partial charge in [-0.05, 0) is 13.8 Å². The van der Waals surface area contributed by atoms with E-state index >= 15 is 0 Å². The Morgan fingerprint density at radius 1 is 1.07 bits per heavy atom. The molecule has 0 fully saturated rings. The summed E-state index contributed by atoms with van der Waals surface area (Å²) < 4.78 is 23.5. The van der Waals surface area contributed by atoms with Crippen LogP contribution in [0.1, 0.15) is 13.8 Å². The standard InChI is InChI=1S/C10H8N2O2S/c1-6-9(4-11)7(2)15(13,14)8(3)10(6)5-12/h1H2,2-3H3. The topological polar surface area (TPSA) is 81.7 Å². The summed E-state index contributed by atoms with van der Waals surface area (Å²) in [5.41, 5.74) is 0.124. The van der Waals surface area contributed by atoms with E-state index in [-0.39, 0.29) is 26.5 Å². The number of hydrogen-bond acceptors (Lipinski definition) is 4. The average Bonchev–Trinajstić information content (AvgIpc) is 2.18. The molecule has 0 aromatic rings. The van der Waals surface area contributed by atoms with Gasteiger partial charge in [-0.15, -0.1) is 0 Å². The van der Waals surface area contributed by atoms with Crippen molar-refractivity contribution in [1.82, 2.24) is 0 Å². The molecule has 0 amide bonds. The van der Waals surface area contributed by atoms with Gasteiger partial charge in [0.1, 0.15) is 12.1 Å². The van der Waals surface area contributed by atoms with Gasteiger partial charge in [0, 0.05) is 5.57 Å². The van der Waals surface area contributed by atoms with Gasteiger partial charge in [-0.1, -0.05) is 6.58 Å². The first-order valence-corrected chi connectivity index (χ1v) is 5.53. The fourth-order valence-electron chi connectivity index (χ4n) is 1.34. The molecule has 0 radical (unpaired) electrons. The second-order valence-electron chi connectivity index (χ2n) is 3.07. The smallest absolute Gasteiger partial charge is 0.201 e. The van der Waals surface area contributed by atoms with Gasteiger partial charge in [0.05, 0.1) is 21.0 Å². The van der Waals surface area contributed by atoms with E-state index in [1.54, 1.807) is 12.1 Å². The third kappa shape index (κ3) is 1.38. The Balaban J connectivity index is 3.73. The van der Waals surface area contributed by atoms with Crippen molar-refractivity contribution in [3.05, 3.63) is 33.1 Å². The van der Waals surface area contributed by atoms with Crippen molar-refractivity contribution in [2.45, 2.75) is 13.8 Å². The van der Waals surface area contributed by atoms with E-state index in [0.29, 0.717) is 0 Å². The van der Waals surface area contributed by atoms with Gasteiger partial charge in [0.2, 0.25) is 9.84 Å². The quantitative estimate of drug-likeness (QED) is 0.620. The molecule has 0 aliphatic carbocycles.